The van der Waals surface area contributed by atoms with Crippen molar-refractivity contribution in [2.24, 2.45) is 0 Å². The Labute approximate surface area is 311 Å². The fourth-order valence-electron chi connectivity index (χ4n) is 6.88. The van der Waals surface area contributed by atoms with E-state index < -0.39 is 62.9 Å². The van der Waals surface area contributed by atoms with Crippen molar-refractivity contribution in [1.29, 1.82) is 0 Å². The van der Waals surface area contributed by atoms with Crippen LogP contribution in [0.3, 0.4) is 0 Å². The Kier molecular flexibility index (Phi) is 7.93. The summed E-state index contributed by atoms with van der Waals surface area (Å²) in [5.74, 6) is -0.493. The quantitative estimate of drug-likeness (QED) is 0.115. The first kappa shape index (κ1) is 36.5. The highest BCUT2D eigenvalue weighted by atomic mass is 31.2. The molecule has 5 heterocycles. The van der Waals surface area contributed by atoms with E-state index in [0.29, 0.717) is 32.5 Å². The van der Waals surface area contributed by atoms with Crippen molar-refractivity contribution in [3.05, 3.63) is 78.9 Å². The Bertz CT molecular complexity index is 3290. The van der Waals surface area contributed by atoms with E-state index in [1.807, 2.05) is 0 Å². The Morgan fingerprint density at radius 2 is 0.875 bits per heavy atom. The largest absolute Gasteiger partial charge is 0.437 e. The molecule has 8 bridgehead atoms. The lowest BCUT2D eigenvalue weighted by Gasteiger charge is -2.18. The van der Waals surface area contributed by atoms with Crippen molar-refractivity contribution in [3.8, 4) is 45.6 Å². The molecule has 282 valence electrons. The van der Waals surface area contributed by atoms with Crippen LogP contribution in [0.1, 0.15) is 0 Å². The predicted octanol–water partition coefficient (Wildman–Crippen LogP) is 2.69. The first-order valence-electron chi connectivity index (χ1n) is 15.9. The summed E-state index contributed by atoms with van der Waals surface area (Å²) < 4.78 is 53.0. The Balaban J connectivity index is 1.60. The molecule has 7 aromatic rings. The van der Waals surface area contributed by atoms with Crippen molar-refractivity contribution in [2.45, 2.75) is 0 Å². The summed E-state index contributed by atoms with van der Waals surface area (Å²) in [6.45, 7) is 0. The number of nitrogens with one attached hydrogen (secondary N) is 1. The van der Waals surface area contributed by atoms with E-state index >= 15 is 0 Å². The number of aromatic amines is 1. The standard InChI is InChI=1S/C32H22N8O12P4/c41-53(42,43)21-13-20-22(24(55(47,48)49)23(21)54(44,45)46)30-36-26-15-8-2-4-10-17(15)28(34-26)39-32-19-12-6-5-11-18(19)31(40(32)56(50,51)52)38-27-16-9-3-1-7-14(16)25(33-27)35-29(20)37-30/h1-13H,(H2,41,42,43)(H2,44,45,46)(H2,47,48,49)(H2,50,51,52)(H,33,34,35,36,37,38,39). The molecule has 0 saturated carbocycles. The minimum atomic E-state index is -5.87. The molecule has 24 heteroatoms. The zero-order chi connectivity index (χ0) is 39.7. The first-order chi connectivity index (χ1) is 26.3. The average molecular weight is 834 g/mol. The Morgan fingerprint density at radius 1 is 0.464 bits per heavy atom. The fraction of sp³-hybridized carbons (Fsp3) is 0. The van der Waals surface area contributed by atoms with E-state index in [1.165, 1.54) is 0 Å². The molecule has 3 aromatic heterocycles. The van der Waals surface area contributed by atoms with Crippen molar-refractivity contribution < 1.29 is 57.4 Å². The third kappa shape index (κ3) is 5.72. The van der Waals surface area contributed by atoms with Gasteiger partial charge in [0.2, 0.25) is 0 Å². The molecular weight excluding hydrogens is 812 g/mol. The number of H-pyrrole nitrogens is 1. The second-order valence-electron chi connectivity index (χ2n) is 12.5. The predicted molar refractivity (Wildman–Crippen MR) is 202 cm³/mol. The minimum Gasteiger partial charge on any atom is -0.324 e. The van der Waals surface area contributed by atoms with Crippen LogP contribution >= 0.6 is 30.5 Å². The molecule has 9 N–H and O–H groups in total. The number of nitrogens with zero attached hydrogens (tertiary/aromatic N) is 7. The molecule has 0 saturated heterocycles. The van der Waals surface area contributed by atoms with Gasteiger partial charge in [0.05, 0.1) is 15.9 Å². The van der Waals surface area contributed by atoms with Crippen LogP contribution in [0.5, 0.6) is 0 Å². The lowest BCUT2D eigenvalue weighted by Crippen LogP contribution is -2.37. The lowest BCUT2D eigenvalue weighted by molar-refractivity contribution is 0.364. The molecule has 9 rings (SSSR count). The van der Waals surface area contributed by atoms with Gasteiger partial charge in [-0.15, -0.1) is 0 Å². The van der Waals surface area contributed by atoms with E-state index in [-0.39, 0.29) is 51.2 Å². The maximum Gasteiger partial charge on any atom is 0.437 e. The van der Waals surface area contributed by atoms with Gasteiger partial charge in [0, 0.05) is 43.8 Å². The van der Waals surface area contributed by atoms with Crippen molar-refractivity contribution in [1.82, 2.24) is 39.2 Å². The fourth-order valence-corrected chi connectivity index (χ4v) is 11.7. The van der Waals surface area contributed by atoms with E-state index in [2.05, 4.69) is 34.9 Å². The molecule has 4 aromatic carbocycles. The molecule has 20 nitrogen and oxygen atoms in total. The first-order valence-corrected chi connectivity index (χ1v) is 22.3. The summed E-state index contributed by atoms with van der Waals surface area (Å²) in [5.41, 5.74) is -0.0690. The second-order valence-corrected chi connectivity index (χ2v) is 18.6. The van der Waals surface area contributed by atoms with Gasteiger partial charge < -0.3 is 44.1 Å². The maximum atomic E-state index is 13.3. The number of benzene rings is 4. The van der Waals surface area contributed by atoms with Crippen molar-refractivity contribution in [2.75, 3.05) is 0 Å². The molecule has 0 aliphatic carbocycles. The van der Waals surface area contributed by atoms with Crippen LogP contribution in [0.25, 0.3) is 89.7 Å². The molecule has 2 aliphatic heterocycles. The number of fused-ring (bicyclic) bond motifs is 20. The smallest absolute Gasteiger partial charge is 0.324 e. The van der Waals surface area contributed by atoms with Crippen LogP contribution in [0, 0.1) is 0 Å². The third-order valence-corrected chi connectivity index (χ3v) is 13.4. The number of aromatic nitrogens is 8. The number of hydrogen-bond donors (Lipinski definition) is 9. The average Bonchev–Trinajstić information content (AvgIpc) is 3.84. The highest BCUT2D eigenvalue weighted by Crippen LogP contribution is 2.48. The van der Waals surface area contributed by atoms with E-state index in [9.17, 15) is 57.4 Å². The van der Waals surface area contributed by atoms with Crippen LogP contribution in [0.2, 0.25) is 0 Å². The summed E-state index contributed by atoms with van der Waals surface area (Å²) in [6.07, 6.45) is 0. The SMILES string of the molecule is O=P(O)(O)c1cc2c3nc4nc(nc5c6ccccc6c(nc6nc(nc([nH]3)c2c(P(=O)(O)O)c1P(=O)(O)O)-c1ccccc1-6)n5P(=O)(O)O)-c1ccccc1-4. The van der Waals surface area contributed by atoms with E-state index in [1.54, 1.807) is 72.8 Å². The monoisotopic (exact) mass is 834 g/mol. The summed E-state index contributed by atoms with van der Waals surface area (Å²) in [5, 5.41) is -4.85. The van der Waals surface area contributed by atoms with Gasteiger partial charge in [-0.05, 0) is 6.07 Å². The van der Waals surface area contributed by atoms with Crippen LogP contribution in [-0.2, 0) is 18.3 Å². The molecule has 0 unspecified atom stereocenters. The zero-order valence-electron chi connectivity index (χ0n) is 27.6. The molecule has 0 atom stereocenters. The summed E-state index contributed by atoms with van der Waals surface area (Å²) >= 11 is 0. The van der Waals surface area contributed by atoms with E-state index in [0.717, 1.165) is 0 Å². The van der Waals surface area contributed by atoms with Crippen molar-refractivity contribution in [3.63, 3.8) is 0 Å². The lowest BCUT2D eigenvalue weighted by atomic mass is 10.1. The summed E-state index contributed by atoms with van der Waals surface area (Å²) in [4.78, 5) is 115. The molecule has 0 fully saturated rings. The van der Waals surface area contributed by atoms with E-state index in [4.69, 9.17) is 0 Å². The Morgan fingerprint density at radius 3 is 1.29 bits per heavy atom. The van der Waals surface area contributed by atoms with Gasteiger partial charge in [0.1, 0.15) is 11.3 Å². The van der Waals surface area contributed by atoms with Gasteiger partial charge in [0.25, 0.3) is 0 Å². The van der Waals surface area contributed by atoms with Crippen LogP contribution in [0.15, 0.2) is 78.9 Å². The van der Waals surface area contributed by atoms with Gasteiger partial charge in [-0.2, -0.15) is 0 Å². The van der Waals surface area contributed by atoms with Gasteiger partial charge in [-0.3, -0.25) is 13.7 Å². The summed E-state index contributed by atoms with van der Waals surface area (Å²) in [7, 11) is -22.7. The highest BCUT2D eigenvalue weighted by Gasteiger charge is 2.42. The van der Waals surface area contributed by atoms with Crippen LogP contribution in [0.4, 0.5) is 0 Å². The molecule has 2 aliphatic rings. The van der Waals surface area contributed by atoms with Crippen molar-refractivity contribution >= 4 is 90.6 Å². The number of hydrogen-bond acceptors (Lipinski definition) is 10. The number of rotatable bonds is 4. The topological polar surface area (TPSA) is 328 Å². The minimum absolute atomic E-state index is 0.0773. The van der Waals surface area contributed by atoms with Gasteiger partial charge in [-0.25, -0.2) is 38.8 Å². The normalized spacial score (nSPS) is 13.3. The maximum absolute atomic E-state index is 13.3. The molecule has 0 spiro atoms. The highest BCUT2D eigenvalue weighted by molar-refractivity contribution is 7.71. The third-order valence-electron chi connectivity index (χ3n) is 9.05. The zero-order valence-corrected chi connectivity index (χ0v) is 31.2. The van der Waals surface area contributed by atoms with Gasteiger partial charge >= 0.3 is 30.5 Å². The second kappa shape index (κ2) is 12.2. The molecule has 56 heavy (non-hydrogen) atoms. The van der Waals surface area contributed by atoms with Gasteiger partial charge in [-0.1, -0.05) is 72.8 Å². The Hall–Kier alpha value is -5.16. The van der Waals surface area contributed by atoms with Gasteiger partial charge in [0.15, 0.2) is 34.6 Å². The molecule has 0 radical (unpaired) electrons. The van der Waals surface area contributed by atoms with Crippen LogP contribution in [-0.4, -0.2) is 78.4 Å². The summed E-state index contributed by atoms with van der Waals surface area (Å²) in [6, 6.07) is 20.0. The molecular formula is C32H22N8O12P4. The molecule has 0 amide bonds. The van der Waals surface area contributed by atoms with Crippen LogP contribution < -0.4 is 15.9 Å².